The Morgan fingerprint density at radius 3 is 1.39 bits per heavy atom. The van der Waals surface area contributed by atoms with Crippen LogP contribution in [0.4, 0.5) is 34.3 Å². The standard InChI is InChI=1S/C65H82BN3/c1-57(2,3)53-36-52-55-56(67-53)68(38-19-20-40-42(31-38)60(8,9)24-23-58(40,4)5)50-34-45-43(61(10,11)25-27-63(45,14)15)32-47(50)66(55)48-33-44-46(64(16,17)28-26-62(44,12)13)35-51(48)69(52)49-22-21-41-54-39(49)37-65(54,18)30-29-59(41,6)7/h19-22,31-36H,23-30,37H2,1-18H3. The van der Waals surface area contributed by atoms with E-state index in [1.54, 1.807) is 16.7 Å². The topological polar surface area (TPSA) is 19.4 Å². The molecule has 0 N–H and O–H groups in total. The Kier molecular flexibility index (Phi) is 9.03. The molecule has 3 heterocycles. The van der Waals surface area contributed by atoms with E-state index in [-0.39, 0.29) is 55.4 Å². The molecule has 4 heteroatoms. The molecule has 12 rings (SSSR count). The maximum Gasteiger partial charge on any atom is 0.254 e. The van der Waals surface area contributed by atoms with Crippen molar-refractivity contribution in [3.63, 3.8) is 0 Å². The SMILES string of the molecule is CC(C)(C)c1cc2c3c(n1)N(c1ccc4c(c1)C(C)(C)CCC4(C)C)c1cc4c(cc1B3c1cc3c(cc1N2c1ccc2c5c1CC5(C)CCC2(C)C)C(C)(C)CCC3(C)C)C(C)(C)CCC4(C)C. The molecular formula is C65H82BN3. The third-order valence-corrected chi connectivity index (χ3v) is 20.5. The first-order chi connectivity index (χ1) is 31.9. The number of aromatic nitrogens is 1. The third-order valence-electron chi connectivity index (χ3n) is 20.5. The van der Waals surface area contributed by atoms with E-state index < -0.39 is 0 Å². The van der Waals surface area contributed by atoms with Gasteiger partial charge in [0, 0.05) is 33.9 Å². The van der Waals surface area contributed by atoms with Crippen LogP contribution in [0.5, 0.6) is 0 Å². The van der Waals surface area contributed by atoms with Crippen molar-refractivity contribution >= 4 is 57.4 Å². The van der Waals surface area contributed by atoms with Crippen molar-refractivity contribution in [2.24, 2.45) is 0 Å². The van der Waals surface area contributed by atoms with Crippen LogP contribution >= 0.6 is 0 Å². The van der Waals surface area contributed by atoms with Crippen molar-refractivity contribution in [3.05, 3.63) is 116 Å². The third kappa shape index (κ3) is 6.27. The average molecular weight is 916 g/mol. The fourth-order valence-corrected chi connectivity index (χ4v) is 15.2. The zero-order valence-corrected chi connectivity index (χ0v) is 46.1. The van der Waals surface area contributed by atoms with Crippen LogP contribution in [0.1, 0.15) is 232 Å². The van der Waals surface area contributed by atoms with Crippen molar-refractivity contribution in [2.45, 2.75) is 231 Å². The van der Waals surface area contributed by atoms with Gasteiger partial charge in [0.25, 0.3) is 6.71 Å². The minimum absolute atomic E-state index is 0.0208. The molecule has 360 valence electrons. The summed E-state index contributed by atoms with van der Waals surface area (Å²) in [5, 5.41) is 0. The van der Waals surface area contributed by atoms with Gasteiger partial charge in [-0.05, 0) is 204 Å². The molecule has 0 amide bonds. The van der Waals surface area contributed by atoms with Gasteiger partial charge in [0.2, 0.25) is 0 Å². The fraction of sp³-hybridized carbons (Fsp3) is 0.554. The first kappa shape index (κ1) is 45.8. The second-order valence-corrected chi connectivity index (χ2v) is 29.7. The van der Waals surface area contributed by atoms with Gasteiger partial charge in [0.05, 0.1) is 5.69 Å². The Hall–Kier alpha value is -4.31. The molecule has 0 bridgehead atoms. The molecule has 1 atom stereocenters. The molecule has 0 saturated heterocycles. The molecule has 5 aliphatic carbocycles. The number of hydrogen-bond donors (Lipinski definition) is 0. The Morgan fingerprint density at radius 1 is 0.435 bits per heavy atom. The lowest BCUT2D eigenvalue weighted by Crippen LogP contribution is -2.63. The summed E-state index contributed by atoms with van der Waals surface area (Å²) >= 11 is 0. The van der Waals surface area contributed by atoms with E-state index in [1.807, 2.05) is 0 Å². The van der Waals surface area contributed by atoms with Gasteiger partial charge in [0.1, 0.15) is 5.82 Å². The van der Waals surface area contributed by atoms with E-state index in [0.717, 1.165) is 17.9 Å². The van der Waals surface area contributed by atoms with Gasteiger partial charge in [-0.3, -0.25) is 4.90 Å². The Labute approximate surface area is 417 Å². The summed E-state index contributed by atoms with van der Waals surface area (Å²) in [7, 11) is 0. The molecule has 0 radical (unpaired) electrons. The lowest BCUT2D eigenvalue weighted by molar-refractivity contribution is 0.277. The normalized spacial score (nSPS) is 24.9. The van der Waals surface area contributed by atoms with Gasteiger partial charge in [0.15, 0.2) is 0 Å². The van der Waals surface area contributed by atoms with E-state index in [4.69, 9.17) is 4.98 Å². The van der Waals surface area contributed by atoms with Gasteiger partial charge < -0.3 is 4.90 Å². The molecule has 0 fully saturated rings. The summed E-state index contributed by atoms with van der Waals surface area (Å²) in [4.78, 5) is 11.5. The molecule has 0 saturated carbocycles. The number of rotatable bonds is 2. The minimum Gasteiger partial charge on any atom is -0.311 e. The van der Waals surface area contributed by atoms with Crippen LogP contribution in [-0.2, 0) is 55.2 Å². The summed E-state index contributed by atoms with van der Waals surface area (Å²) < 4.78 is 0. The highest BCUT2D eigenvalue weighted by molar-refractivity contribution is 7.00. The minimum atomic E-state index is -0.192. The first-order valence-electron chi connectivity index (χ1n) is 27.2. The van der Waals surface area contributed by atoms with Crippen molar-refractivity contribution in [1.82, 2.24) is 4.98 Å². The predicted molar refractivity (Wildman–Crippen MR) is 296 cm³/mol. The van der Waals surface area contributed by atoms with Crippen molar-refractivity contribution in [3.8, 4) is 0 Å². The summed E-state index contributed by atoms with van der Waals surface area (Å²) in [5.74, 6) is 1.12. The summed E-state index contributed by atoms with van der Waals surface area (Å²) in [6, 6.07) is 26.1. The molecule has 2 aliphatic heterocycles. The second-order valence-electron chi connectivity index (χ2n) is 29.7. The molecule has 69 heavy (non-hydrogen) atoms. The van der Waals surface area contributed by atoms with Crippen LogP contribution in [-0.4, -0.2) is 11.7 Å². The van der Waals surface area contributed by atoms with E-state index >= 15 is 0 Å². The van der Waals surface area contributed by atoms with E-state index in [1.165, 1.54) is 130 Å². The Bertz CT molecular complexity index is 3090. The van der Waals surface area contributed by atoms with Crippen molar-refractivity contribution in [2.75, 3.05) is 9.80 Å². The van der Waals surface area contributed by atoms with E-state index in [9.17, 15) is 0 Å². The van der Waals surface area contributed by atoms with Crippen LogP contribution in [0.25, 0.3) is 0 Å². The second kappa shape index (κ2) is 13.6. The number of anilines is 6. The van der Waals surface area contributed by atoms with Crippen LogP contribution < -0.4 is 26.2 Å². The van der Waals surface area contributed by atoms with Crippen LogP contribution in [0, 0.1) is 0 Å². The number of fused-ring (bicyclic) bond motifs is 7. The lowest BCUT2D eigenvalue weighted by atomic mass is 9.33. The highest BCUT2D eigenvalue weighted by Gasteiger charge is 2.53. The lowest BCUT2D eigenvalue weighted by Gasteiger charge is -2.54. The van der Waals surface area contributed by atoms with E-state index in [0.29, 0.717) is 0 Å². The number of benzene rings is 4. The highest BCUT2D eigenvalue weighted by atomic mass is 15.2. The first-order valence-corrected chi connectivity index (χ1v) is 27.2. The molecule has 7 aliphatic rings. The molecule has 4 aromatic carbocycles. The fourth-order valence-electron chi connectivity index (χ4n) is 15.2. The van der Waals surface area contributed by atoms with Crippen LogP contribution in [0.3, 0.4) is 0 Å². The molecule has 5 aromatic rings. The van der Waals surface area contributed by atoms with Gasteiger partial charge in [-0.25, -0.2) is 4.98 Å². The average Bonchev–Trinajstić information content (AvgIpc) is 3.25. The van der Waals surface area contributed by atoms with Gasteiger partial charge in [-0.2, -0.15) is 0 Å². The summed E-state index contributed by atoms with van der Waals surface area (Å²) in [5.41, 5.74) is 26.6. The number of hydrogen-bond acceptors (Lipinski definition) is 3. The summed E-state index contributed by atoms with van der Waals surface area (Å²) in [6.07, 6.45) is 10.8. The van der Waals surface area contributed by atoms with Crippen molar-refractivity contribution < 1.29 is 0 Å². The number of nitrogens with zero attached hydrogens (tertiary/aromatic N) is 3. The predicted octanol–water partition coefficient (Wildman–Crippen LogP) is 15.4. The van der Waals surface area contributed by atoms with Gasteiger partial charge >= 0.3 is 0 Å². The van der Waals surface area contributed by atoms with Crippen molar-refractivity contribution in [1.29, 1.82) is 0 Å². The van der Waals surface area contributed by atoms with Crippen LogP contribution in [0.15, 0.2) is 60.7 Å². The van der Waals surface area contributed by atoms with Gasteiger partial charge in [-0.15, -0.1) is 0 Å². The molecule has 1 unspecified atom stereocenters. The molecule has 0 spiro atoms. The zero-order chi connectivity index (χ0) is 49.3. The van der Waals surface area contributed by atoms with E-state index in [2.05, 4.69) is 195 Å². The quantitative estimate of drug-likeness (QED) is 0.161. The summed E-state index contributed by atoms with van der Waals surface area (Å²) in [6.45, 7) is 44.7. The smallest absolute Gasteiger partial charge is 0.254 e. The Morgan fingerprint density at radius 2 is 0.870 bits per heavy atom. The Balaban J connectivity index is 1.24. The highest BCUT2D eigenvalue weighted by Crippen LogP contribution is 2.60. The monoisotopic (exact) mass is 916 g/mol. The maximum absolute atomic E-state index is 6.06. The zero-order valence-electron chi connectivity index (χ0n) is 46.1. The number of pyridine rings is 1. The van der Waals surface area contributed by atoms with Crippen LogP contribution in [0.2, 0.25) is 0 Å². The molecule has 3 nitrogen and oxygen atoms in total. The molecular weight excluding hydrogens is 834 g/mol. The molecule has 1 aromatic heterocycles. The maximum atomic E-state index is 6.06. The largest absolute Gasteiger partial charge is 0.311 e. The van der Waals surface area contributed by atoms with Gasteiger partial charge in [-0.1, -0.05) is 149 Å².